The summed E-state index contributed by atoms with van der Waals surface area (Å²) < 4.78 is 0. The number of amidine groups is 1. The fourth-order valence-corrected chi connectivity index (χ4v) is 0.436. The average Bonchev–Trinajstić information content (AvgIpc) is 1.82. The first-order valence-electron chi connectivity index (χ1n) is 2.40. The third kappa shape index (κ3) is 2.97. The molecule has 0 aromatic carbocycles. The summed E-state index contributed by atoms with van der Waals surface area (Å²) in [6, 6.07) is 0. The molecule has 0 saturated heterocycles. The maximum absolute atomic E-state index is 4.95. The molecule has 0 radical (unpaired) electrons. The van der Waals surface area contributed by atoms with E-state index in [1.807, 2.05) is 6.92 Å². The Morgan fingerprint density at radius 2 is 2.44 bits per heavy atom. The van der Waals surface area contributed by atoms with Crippen molar-refractivity contribution in [2.75, 3.05) is 0 Å². The number of hydrogen-bond acceptors (Lipinski definition) is 4. The maximum atomic E-state index is 4.95. The third-order valence-electron chi connectivity index (χ3n) is 0.728. The van der Waals surface area contributed by atoms with Gasteiger partial charge in [0.05, 0.1) is 5.25 Å². The fourth-order valence-electron chi connectivity index (χ4n) is 0.311. The van der Waals surface area contributed by atoms with Crippen molar-refractivity contribution in [2.24, 2.45) is 16.0 Å². The Hall–Kier alpha value is -0.710. The van der Waals surface area contributed by atoms with Crippen LogP contribution < -0.4 is 11.3 Å². The quantitative estimate of drug-likeness (QED) is 0.166. The molecule has 0 spiro atoms. The Balaban J connectivity index is 3.84. The van der Waals surface area contributed by atoms with E-state index in [0.717, 1.165) is 0 Å². The van der Waals surface area contributed by atoms with Crippen molar-refractivity contribution in [3.05, 3.63) is 0 Å². The van der Waals surface area contributed by atoms with Crippen LogP contribution >= 0.6 is 12.6 Å². The Bertz CT molecular complexity index is 120. The van der Waals surface area contributed by atoms with Gasteiger partial charge in [0, 0.05) is 6.72 Å². The van der Waals surface area contributed by atoms with Crippen LogP contribution in [0.1, 0.15) is 6.92 Å². The van der Waals surface area contributed by atoms with Crippen LogP contribution in [0.3, 0.4) is 0 Å². The van der Waals surface area contributed by atoms with E-state index >= 15 is 0 Å². The van der Waals surface area contributed by atoms with Gasteiger partial charge in [-0.2, -0.15) is 22.8 Å². The van der Waals surface area contributed by atoms with Gasteiger partial charge < -0.3 is 5.84 Å². The van der Waals surface area contributed by atoms with Gasteiger partial charge in [-0.25, -0.2) is 0 Å². The van der Waals surface area contributed by atoms with Crippen molar-refractivity contribution in [3.8, 4) is 0 Å². The van der Waals surface area contributed by atoms with Crippen molar-refractivity contribution >= 4 is 25.2 Å². The lowest BCUT2D eigenvalue weighted by molar-refractivity contribution is 0.975. The van der Waals surface area contributed by atoms with Gasteiger partial charge in [-0.3, -0.25) is 5.43 Å². The molecule has 3 N–H and O–H groups in total. The van der Waals surface area contributed by atoms with Crippen LogP contribution in [-0.4, -0.2) is 17.8 Å². The summed E-state index contributed by atoms with van der Waals surface area (Å²) in [5, 5.41) is 6.70. The molecule has 0 aromatic heterocycles. The highest BCUT2D eigenvalue weighted by molar-refractivity contribution is 7.81. The van der Waals surface area contributed by atoms with Gasteiger partial charge in [0.2, 0.25) is 0 Å². The summed E-state index contributed by atoms with van der Waals surface area (Å²) in [5.41, 5.74) is 2.49. The van der Waals surface area contributed by atoms with Crippen LogP contribution in [0, 0.1) is 0 Å². The van der Waals surface area contributed by atoms with Crippen molar-refractivity contribution in [1.82, 2.24) is 5.43 Å². The molecule has 5 heteroatoms. The number of nitrogens with one attached hydrogen (secondary N) is 1. The summed E-state index contributed by atoms with van der Waals surface area (Å²) in [6.45, 7) is 5.03. The van der Waals surface area contributed by atoms with Gasteiger partial charge in [-0.1, -0.05) is 0 Å². The smallest absolute Gasteiger partial charge is 0.154 e. The molecule has 0 fully saturated rings. The van der Waals surface area contributed by atoms with Crippen LogP contribution in [0.4, 0.5) is 0 Å². The van der Waals surface area contributed by atoms with Gasteiger partial charge in [0.15, 0.2) is 5.84 Å². The first-order valence-corrected chi connectivity index (χ1v) is 2.91. The lowest BCUT2D eigenvalue weighted by atomic mass is 10.4. The molecular formula is C4H10N4S. The molecule has 4 nitrogen and oxygen atoms in total. The maximum Gasteiger partial charge on any atom is 0.154 e. The Morgan fingerprint density at radius 3 is 2.56 bits per heavy atom. The van der Waals surface area contributed by atoms with E-state index in [-0.39, 0.29) is 5.25 Å². The van der Waals surface area contributed by atoms with E-state index in [4.69, 9.17) is 5.84 Å². The number of nitrogens with two attached hydrogens (primary N) is 1. The summed E-state index contributed by atoms with van der Waals surface area (Å²) in [7, 11) is 0. The number of rotatable bonds is 2. The molecule has 0 amide bonds. The van der Waals surface area contributed by atoms with E-state index < -0.39 is 0 Å². The monoisotopic (exact) mass is 146 g/mol. The Labute approximate surface area is 59.6 Å². The van der Waals surface area contributed by atoms with Crippen molar-refractivity contribution in [1.29, 1.82) is 0 Å². The molecule has 0 rings (SSSR count). The minimum atomic E-state index is -0.0412. The van der Waals surface area contributed by atoms with Gasteiger partial charge in [0.25, 0.3) is 0 Å². The standard InChI is InChI=1S/C4H10N4S/c1-3(9)4(7-5)8-6-2/h3,9H,2,5H2,1H3,(H,7,8). The first-order chi connectivity index (χ1) is 4.22. The molecule has 0 aliphatic carbocycles. The predicted molar refractivity (Wildman–Crippen MR) is 42.8 cm³/mol. The second-order valence-corrected chi connectivity index (χ2v) is 2.23. The van der Waals surface area contributed by atoms with Crippen LogP contribution in [0.2, 0.25) is 0 Å². The number of thiol groups is 1. The zero-order valence-electron chi connectivity index (χ0n) is 5.20. The van der Waals surface area contributed by atoms with Crippen molar-refractivity contribution < 1.29 is 0 Å². The zero-order valence-corrected chi connectivity index (χ0v) is 6.10. The normalized spacial score (nSPS) is 14.7. The number of hydrazone groups is 2. The van der Waals surface area contributed by atoms with E-state index in [1.165, 1.54) is 0 Å². The lowest BCUT2D eigenvalue weighted by Crippen LogP contribution is -2.26. The van der Waals surface area contributed by atoms with E-state index in [1.54, 1.807) is 0 Å². The van der Waals surface area contributed by atoms with E-state index in [2.05, 4.69) is 35.0 Å². The van der Waals surface area contributed by atoms with Crippen molar-refractivity contribution in [2.45, 2.75) is 12.2 Å². The van der Waals surface area contributed by atoms with Crippen LogP contribution in [0.25, 0.3) is 0 Å². The number of hydrogen-bond donors (Lipinski definition) is 3. The second kappa shape index (κ2) is 4.20. The molecule has 0 heterocycles. The Morgan fingerprint density at radius 1 is 1.89 bits per heavy atom. The first kappa shape index (κ1) is 8.29. The van der Waals surface area contributed by atoms with Gasteiger partial charge in [0.1, 0.15) is 0 Å². The molecule has 0 saturated carbocycles. The lowest BCUT2D eigenvalue weighted by Gasteiger charge is -2.04. The van der Waals surface area contributed by atoms with E-state index in [0.29, 0.717) is 5.84 Å². The minimum absolute atomic E-state index is 0.0412. The highest BCUT2D eigenvalue weighted by Crippen LogP contribution is 1.92. The molecule has 0 aliphatic rings. The van der Waals surface area contributed by atoms with Crippen LogP contribution in [-0.2, 0) is 0 Å². The highest BCUT2D eigenvalue weighted by atomic mass is 32.1. The SMILES string of the molecule is C=NNC(=NN)C(C)S. The molecule has 0 aromatic rings. The highest BCUT2D eigenvalue weighted by Gasteiger charge is 2.01. The topological polar surface area (TPSA) is 62.8 Å². The zero-order chi connectivity index (χ0) is 7.28. The molecule has 0 aliphatic heterocycles. The van der Waals surface area contributed by atoms with Crippen molar-refractivity contribution in [3.63, 3.8) is 0 Å². The summed E-state index contributed by atoms with van der Waals surface area (Å²) in [6.07, 6.45) is 0. The molecule has 9 heavy (non-hydrogen) atoms. The summed E-state index contributed by atoms with van der Waals surface area (Å²) in [5.74, 6) is 5.46. The molecular weight excluding hydrogens is 136 g/mol. The molecule has 1 atom stereocenters. The minimum Gasteiger partial charge on any atom is -0.321 e. The summed E-state index contributed by atoms with van der Waals surface area (Å²) >= 11 is 4.05. The van der Waals surface area contributed by atoms with Gasteiger partial charge >= 0.3 is 0 Å². The molecule has 1 unspecified atom stereocenters. The fraction of sp³-hybridized carbons (Fsp3) is 0.500. The number of nitrogens with zero attached hydrogens (tertiary/aromatic N) is 2. The summed E-state index contributed by atoms with van der Waals surface area (Å²) in [4.78, 5) is 0. The predicted octanol–water partition coefficient (Wildman–Crippen LogP) is -0.218. The third-order valence-corrected chi connectivity index (χ3v) is 0.973. The van der Waals surface area contributed by atoms with Gasteiger partial charge in [-0.05, 0) is 6.92 Å². The van der Waals surface area contributed by atoms with Crippen LogP contribution in [0.5, 0.6) is 0 Å². The largest absolute Gasteiger partial charge is 0.321 e. The van der Waals surface area contributed by atoms with Gasteiger partial charge in [-0.15, -0.1) is 0 Å². The average molecular weight is 146 g/mol. The van der Waals surface area contributed by atoms with Crippen LogP contribution in [0.15, 0.2) is 10.2 Å². The molecule has 52 valence electrons. The second-order valence-electron chi connectivity index (χ2n) is 1.46. The van der Waals surface area contributed by atoms with E-state index in [9.17, 15) is 0 Å². The molecule has 0 bridgehead atoms. The Kier molecular flexibility index (Phi) is 3.87.